The minimum absolute atomic E-state index is 0.194. The van der Waals surface area contributed by atoms with Crippen molar-refractivity contribution in [2.45, 2.75) is 26.0 Å². The molecule has 0 saturated carbocycles. The summed E-state index contributed by atoms with van der Waals surface area (Å²) in [5.74, 6) is 0. The molecule has 0 saturated heterocycles. The van der Waals surface area contributed by atoms with Gasteiger partial charge in [0.25, 0.3) is 0 Å². The van der Waals surface area contributed by atoms with Gasteiger partial charge < -0.3 is 10.4 Å². The van der Waals surface area contributed by atoms with Gasteiger partial charge in [0.1, 0.15) is 0 Å². The van der Waals surface area contributed by atoms with Crippen molar-refractivity contribution < 1.29 is 5.11 Å². The molecule has 0 aliphatic carbocycles. The lowest BCUT2D eigenvalue weighted by molar-refractivity contribution is 0.183. The van der Waals surface area contributed by atoms with Gasteiger partial charge in [0, 0.05) is 6.54 Å². The molecule has 1 rings (SSSR count). The van der Waals surface area contributed by atoms with Gasteiger partial charge in [-0.05, 0) is 42.3 Å². The fourth-order valence-electron chi connectivity index (χ4n) is 0.937. The van der Waals surface area contributed by atoms with E-state index in [-0.39, 0.29) is 6.10 Å². The molecule has 12 heavy (non-hydrogen) atoms. The van der Waals surface area contributed by atoms with Crippen molar-refractivity contribution >= 4 is 11.3 Å². The van der Waals surface area contributed by atoms with Gasteiger partial charge in [0.15, 0.2) is 0 Å². The molecular weight excluding hydrogens is 170 g/mol. The number of rotatable bonds is 5. The topological polar surface area (TPSA) is 32.3 Å². The maximum absolute atomic E-state index is 8.97. The Kier molecular flexibility index (Phi) is 4.29. The van der Waals surface area contributed by atoms with E-state index in [0.717, 1.165) is 19.5 Å². The van der Waals surface area contributed by atoms with Crippen LogP contribution in [0.3, 0.4) is 0 Å². The number of aliphatic hydroxyl groups is 1. The summed E-state index contributed by atoms with van der Waals surface area (Å²) in [4.78, 5) is 0. The standard InChI is InChI=1S/C9H15NOS/c1-8(11)2-4-10-6-9-3-5-12-7-9/h3,5,7-8,10-11H,2,4,6H2,1H3/t8-/m0/s1. The predicted octanol–water partition coefficient (Wildman–Crippen LogP) is 1.61. The van der Waals surface area contributed by atoms with Crippen LogP contribution in [0.4, 0.5) is 0 Å². The predicted molar refractivity (Wildman–Crippen MR) is 52.3 cm³/mol. The highest BCUT2D eigenvalue weighted by molar-refractivity contribution is 7.07. The lowest BCUT2D eigenvalue weighted by Crippen LogP contribution is -2.18. The molecule has 0 bridgehead atoms. The van der Waals surface area contributed by atoms with E-state index < -0.39 is 0 Å². The first-order valence-corrected chi connectivity index (χ1v) is 5.13. The maximum Gasteiger partial charge on any atom is 0.0524 e. The highest BCUT2D eigenvalue weighted by atomic mass is 32.1. The quantitative estimate of drug-likeness (QED) is 0.683. The first-order valence-electron chi connectivity index (χ1n) is 4.19. The van der Waals surface area contributed by atoms with E-state index in [9.17, 15) is 0 Å². The smallest absolute Gasteiger partial charge is 0.0524 e. The van der Waals surface area contributed by atoms with Crippen LogP contribution in [-0.2, 0) is 6.54 Å². The number of hydrogen-bond donors (Lipinski definition) is 2. The Bertz CT molecular complexity index is 196. The van der Waals surface area contributed by atoms with Gasteiger partial charge in [-0.3, -0.25) is 0 Å². The van der Waals surface area contributed by atoms with Crippen LogP contribution in [0.1, 0.15) is 18.9 Å². The van der Waals surface area contributed by atoms with Crippen molar-refractivity contribution in [3.8, 4) is 0 Å². The second-order valence-corrected chi connectivity index (χ2v) is 3.73. The van der Waals surface area contributed by atoms with Gasteiger partial charge in [0.05, 0.1) is 6.10 Å². The molecule has 0 aromatic carbocycles. The number of hydrogen-bond acceptors (Lipinski definition) is 3. The van der Waals surface area contributed by atoms with Gasteiger partial charge >= 0.3 is 0 Å². The average Bonchev–Trinajstić information content (AvgIpc) is 2.49. The average molecular weight is 185 g/mol. The zero-order valence-electron chi connectivity index (χ0n) is 7.29. The molecule has 0 aliphatic rings. The zero-order valence-corrected chi connectivity index (χ0v) is 8.10. The van der Waals surface area contributed by atoms with Crippen molar-refractivity contribution in [2.75, 3.05) is 6.54 Å². The minimum Gasteiger partial charge on any atom is -0.393 e. The van der Waals surface area contributed by atoms with E-state index in [1.54, 1.807) is 11.3 Å². The SMILES string of the molecule is C[C@H](O)CCNCc1ccsc1. The van der Waals surface area contributed by atoms with Crippen LogP contribution >= 0.6 is 11.3 Å². The Hall–Kier alpha value is -0.380. The molecule has 1 aromatic heterocycles. The van der Waals surface area contributed by atoms with E-state index in [0.29, 0.717) is 0 Å². The largest absolute Gasteiger partial charge is 0.393 e. The Balaban J connectivity index is 2.04. The third kappa shape index (κ3) is 3.85. The third-order valence-corrected chi connectivity index (χ3v) is 2.38. The molecule has 1 aromatic rings. The Morgan fingerprint density at radius 3 is 3.08 bits per heavy atom. The Labute approximate surface area is 77.2 Å². The minimum atomic E-state index is -0.194. The molecule has 3 heteroatoms. The second kappa shape index (κ2) is 5.30. The molecule has 2 nitrogen and oxygen atoms in total. The van der Waals surface area contributed by atoms with E-state index in [1.807, 2.05) is 6.92 Å². The fourth-order valence-corrected chi connectivity index (χ4v) is 1.61. The lowest BCUT2D eigenvalue weighted by atomic mass is 10.3. The maximum atomic E-state index is 8.97. The molecular formula is C9H15NOS. The molecule has 0 unspecified atom stereocenters. The summed E-state index contributed by atoms with van der Waals surface area (Å²) in [7, 11) is 0. The molecule has 0 aliphatic heterocycles. The number of thiophene rings is 1. The van der Waals surface area contributed by atoms with E-state index in [1.165, 1.54) is 5.56 Å². The molecule has 68 valence electrons. The normalized spacial score (nSPS) is 13.2. The molecule has 1 atom stereocenters. The van der Waals surface area contributed by atoms with Gasteiger partial charge in [-0.15, -0.1) is 0 Å². The molecule has 0 amide bonds. The monoisotopic (exact) mass is 185 g/mol. The van der Waals surface area contributed by atoms with E-state index in [2.05, 4.69) is 22.1 Å². The first-order chi connectivity index (χ1) is 5.79. The Morgan fingerprint density at radius 2 is 2.50 bits per heavy atom. The van der Waals surface area contributed by atoms with Crippen molar-refractivity contribution in [3.05, 3.63) is 22.4 Å². The van der Waals surface area contributed by atoms with Crippen LogP contribution in [0.5, 0.6) is 0 Å². The summed E-state index contributed by atoms with van der Waals surface area (Å²) in [6, 6.07) is 2.11. The van der Waals surface area contributed by atoms with Crippen LogP contribution in [0.2, 0.25) is 0 Å². The highest BCUT2D eigenvalue weighted by Crippen LogP contribution is 2.04. The summed E-state index contributed by atoms with van der Waals surface area (Å²) < 4.78 is 0. The summed E-state index contributed by atoms with van der Waals surface area (Å²) in [6.07, 6.45) is 0.629. The van der Waals surface area contributed by atoms with Crippen molar-refractivity contribution in [1.29, 1.82) is 0 Å². The Morgan fingerprint density at radius 1 is 1.67 bits per heavy atom. The third-order valence-electron chi connectivity index (χ3n) is 1.65. The number of nitrogens with one attached hydrogen (secondary N) is 1. The summed E-state index contributed by atoms with van der Waals surface area (Å²) in [5.41, 5.74) is 1.32. The fraction of sp³-hybridized carbons (Fsp3) is 0.556. The van der Waals surface area contributed by atoms with E-state index in [4.69, 9.17) is 5.11 Å². The van der Waals surface area contributed by atoms with Crippen LogP contribution in [-0.4, -0.2) is 17.8 Å². The molecule has 2 N–H and O–H groups in total. The van der Waals surface area contributed by atoms with Crippen LogP contribution in [0.15, 0.2) is 16.8 Å². The molecule has 0 fully saturated rings. The molecule has 1 heterocycles. The van der Waals surface area contributed by atoms with Crippen molar-refractivity contribution in [2.24, 2.45) is 0 Å². The first kappa shape index (κ1) is 9.71. The molecule has 0 radical (unpaired) electrons. The van der Waals surface area contributed by atoms with Crippen LogP contribution in [0.25, 0.3) is 0 Å². The van der Waals surface area contributed by atoms with Gasteiger partial charge in [-0.2, -0.15) is 11.3 Å². The van der Waals surface area contributed by atoms with Crippen molar-refractivity contribution in [1.82, 2.24) is 5.32 Å². The van der Waals surface area contributed by atoms with E-state index >= 15 is 0 Å². The summed E-state index contributed by atoms with van der Waals surface area (Å²) in [6.45, 7) is 3.61. The van der Waals surface area contributed by atoms with Gasteiger partial charge in [-0.1, -0.05) is 0 Å². The molecule has 0 spiro atoms. The summed E-state index contributed by atoms with van der Waals surface area (Å²) in [5, 5.41) is 16.4. The number of aliphatic hydroxyl groups excluding tert-OH is 1. The highest BCUT2D eigenvalue weighted by Gasteiger charge is 1.95. The van der Waals surface area contributed by atoms with Gasteiger partial charge in [0.2, 0.25) is 0 Å². The summed E-state index contributed by atoms with van der Waals surface area (Å²) >= 11 is 1.71. The van der Waals surface area contributed by atoms with Crippen molar-refractivity contribution in [3.63, 3.8) is 0 Å². The van der Waals surface area contributed by atoms with Crippen LogP contribution < -0.4 is 5.32 Å². The van der Waals surface area contributed by atoms with Gasteiger partial charge in [-0.25, -0.2) is 0 Å². The lowest BCUT2D eigenvalue weighted by Gasteiger charge is -2.04. The zero-order chi connectivity index (χ0) is 8.81. The van der Waals surface area contributed by atoms with Crippen LogP contribution in [0, 0.1) is 0 Å². The second-order valence-electron chi connectivity index (χ2n) is 2.95.